The van der Waals surface area contributed by atoms with Crippen LogP contribution in [-0.4, -0.2) is 37.1 Å². The molecule has 3 rings (SSSR count). The second kappa shape index (κ2) is 8.65. The molecule has 7 heteroatoms. The number of amides is 2. The number of hydrogen-bond donors (Lipinski definition) is 2. The lowest BCUT2D eigenvalue weighted by molar-refractivity contribution is -0.129. The molecule has 0 aromatic heterocycles. The molecule has 1 aromatic rings. The highest BCUT2D eigenvalue weighted by molar-refractivity contribution is 5.94. The van der Waals surface area contributed by atoms with E-state index < -0.39 is 5.54 Å². The topological polar surface area (TPSA) is 84.7 Å². The van der Waals surface area contributed by atoms with Crippen molar-refractivity contribution in [3.05, 3.63) is 29.8 Å². The standard InChI is InChI=1S/C18H25N3O3.ClH/c19-18(8-11-24-12-9-18)17(23)20-13-14-4-6-15(7-5-14)21-10-2-1-3-16(21)22;/h4-7H,1-3,8-13,19H2,(H,20,23);1H. The number of rotatable bonds is 4. The lowest BCUT2D eigenvalue weighted by Gasteiger charge is -2.31. The molecule has 0 spiro atoms. The van der Waals surface area contributed by atoms with Crippen molar-refractivity contribution in [2.75, 3.05) is 24.7 Å². The Bertz CT molecular complexity index is 600. The van der Waals surface area contributed by atoms with Crippen molar-refractivity contribution in [3.63, 3.8) is 0 Å². The number of halogens is 1. The molecule has 6 nitrogen and oxygen atoms in total. The molecule has 2 amide bonds. The summed E-state index contributed by atoms with van der Waals surface area (Å²) in [5, 5.41) is 2.92. The zero-order valence-electron chi connectivity index (χ0n) is 14.3. The SMILES string of the molecule is Cl.NC1(C(=O)NCc2ccc(N3CCCCC3=O)cc2)CCOCC1. The van der Waals surface area contributed by atoms with Crippen molar-refractivity contribution in [1.29, 1.82) is 0 Å². The third kappa shape index (κ3) is 4.71. The van der Waals surface area contributed by atoms with Gasteiger partial charge in [-0.25, -0.2) is 0 Å². The molecule has 0 aliphatic carbocycles. The summed E-state index contributed by atoms with van der Waals surface area (Å²) in [6, 6.07) is 7.78. The van der Waals surface area contributed by atoms with Crippen LogP contribution in [0.15, 0.2) is 24.3 Å². The van der Waals surface area contributed by atoms with Gasteiger partial charge in [-0.3, -0.25) is 9.59 Å². The number of nitrogens with zero attached hydrogens (tertiary/aromatic N) is 1. The monoisotopic (exact) mass is 367 g/mol. The number of nitrogens with one attached hydrogen (secondary N) is 1. The summed E-state index contributed by atoms with van der Waals surface area (Å²) in [5.74, 6) is 0.0629. The summed E-state index contributed by atoms with van der Waals surface area (Å²) >= 11 is 0. The average Bonchev–Trinajstić information content (AvgIpc) is 2.61. The van der Waals surface area contributed by atoms with Gasteiger partial charge in [-0.2, -0.15) is 0 Å². The maximum atomic E-state index is 12.3. The smallest absolute Gasteiger partial charge is 0.240 e. The van der Waals surface area contributed by atoms with E-state index in [1.54, 1.807) is 0 Å². The van der Waals surface area contributed by atoms with Gasteiger partial charge in [-0.1, -0.05) is 12.1 Å². The van der Waals surface area contributed by atoms with Gasteiger partial charge >= 0.3 is 0 Å². The van der Waals surface area contributed by atoms with Crippen LogP contribution in [0.1, 0.15) is 37.7 Å². The van der Waals surface area contributed by atoms with Crippen LogP contribution >= 0.6 is 12.4 Å². The van der Waals surface area contributed by atoms with Gasteiger partial charge in [0, 0.05) is 38.4 Å². The third-order valence-electron chi connectivity index (χ3n) is 4.86. The molecule has 138 valence electrons. The highest BCUT2D eigenvalue weighted by Gasteiger charge is 2.35. The molecule has 0 unspecified atom stereocenters. The first-order valence-corrected chi connectivity index (χ1v) is 8.63. The summed E-state index contributed by atoms with van der Waals surface area (Å²) in [5.41, 5.74) is 7.26. The number of benzene rings is 1. The number of carbonyl (C=O) groups excluding carboxylic acids is 2. The maximum absolute atomic E-state index is 12.3. The minimum Gasteiger partial charge on any atom is -0.381 e. The van der Waals surface area contributed by atoms with E-state index in [4.69, 9.17) is 10.5 Å². The van der Waals surface area contributed by atoms with Gasteiger partial charge in [0.1, 0.15) is 0 Å². The number of carbonyl (C=O) groups is 2. The quantitative estimate of drug-likeness (QED) is 0.849. The van der Waals surface area contributed by atoms with Gasteiger partial charge in [-0.05, 0) is 43.4 Å². The predicted molar refractivity (Wildman–Crippen MR) is 98.7 cm³/mol. The van der Waals surface area contributed by atoms with Crippen LogP contribution in [0.2, 0.25) is 0 Å². The van der Waals surface area contributed by atoms with Crippen LogP contribution in [0, 0.1) is 0 Å². The van der Waals surface area contributed by atoms with Crippen LogP contribution in [0.3, 0.4) is 0 Å². The van der Waals surface area contributed by atoms with Crippen molar-refractivity contribution in [2.24, 2.45) is 5.73 Å². The van der Waals surface area contributed by atoms with E-state index >= 15 is 0 Å². The Morgan fingerprint density at radius 3 is 2.52 bits per heavy atom. The Balaban J connectivity index is 0.00000225. The van der Waals surface area contributed by atoms with E-state index in [-0.39, 0.29) is 24.2 Å². The lowest BCUT2D eigenvalue weighted by atomic mass is 9.90. The molecule has 0 bridgehead atoms. The Labute approximate surface area is 154 Å². The zero-order chi connectivity index (χ0) is 17.0. The molecule has 2 saturated heterocycles. The fourth-order valence-electron chi connectivity index (χ4n) is 3.19. The first-order valence-electron chi connectivity index (χ1n) is 8.63. The first-order chi connectivity index (χ1) is 11.6. The Morgan fingerprint density at radius 2 is 1.88 bits per heavy atom. The largest absolute Gasteiger partial charge is 0.381 e. The Kier molecular flexibility index (Phi) is 6.81. The molecule has 2 heterocycles. The highest BCUT2D eigenvalue weighted by Crippen LogP contribution is 2.22. The second-order valence-electron chi connectivity index (χ2n) is 6.62. The molecule has 2 aliphatic rings. The van der Waals surface area contributed by atoms with Crippen molar-refractivity contribution >= 4 is 29.9 Å². The molecule has 0 saturated carbocycles. The predicted octanol–water partition coefficient (Wildman–Crippen LogP) is 1.75. The number of ether oxygens (including phenoxy) is 1. The maximum Gasteiger partial charge on any atom is 0.240 e. The number of nitrogens with two attached hydrogens (primary N) is 1. The van der Waals surface area contributed by atoms with Gasteiger partial charge < -0.3 is 20.7 Å². The van der Waals surface area contributed by atoms with E-state index in [1.807, 2.05) is 29.2 Å². The molecule has 0 radical (unpaired) electrons. The molecule has 1 aromatic carbocycles. The summed E-state index contributed by atoms with van der Waals surface area (Å²) in [6.45, 7) is 2.28. The fraction of sp³-hybridized carbons (Fsp3) is 0.556. The molecule has 2 aliphatic heterocycles. The normalized spacial score (nSPS) is 19.9. The highest BCUT2D eigenvalue weighted by atomic mass is 35.5. The fourth-order valence-corrected chi connectivity index (χ4v) is 3.19. The minimum absolute atomic E-state index is 0. The van der Waals surface area contributed by atoms with Crippen molar-refractivity contribution < 1.29 is 14.3 Å². The zero-order valence-corrected chi connectivity index (χ0v) is 15.1. The van der Waals surface area contributed by atoms with E-state index in [0.717, 1.165) is 30.6 Å². The van der Waals surface area contributed by atoms with Crippen LogP contribution in [-0.2, 0) is 20.9 Å². The van der Waals surface area contributed by atoms with E-state index in [9.17, 15) is 9.59 Å². The van der Waals surface area contributed by atoms with Gasteiger partial charge in [0.15, 0.2) is 0 Å². The van der Waals surface area contributed by atoms with Gasteiger partial charge in [0.2, 0.25) is 11.8 Å². The molecule has 25 heavy (non-hydrogen) atoms. The van der Waals surface area contributed by atoms with E-state index in [0.29, 0.717) is 39.0 Å². The minimum atomic E-state index is -0.821. The molecule has 3 N–H and O–H groups in total. The summed E-state index contributed by atoms with van der Waals surface area (Å²) < 4.78 is 5.27. The van der Waals surface area contributed by atoms with Crippen molar-refractivity contribution in [1.82, 2.24) is 5.32 Å². The van der Waals surface area contributed by atoms with Crippen LogP contribution in [0.25, 0.3) is 0 Å². The summed E-state index contributed by atoms with van der Waals surface area (Å²) in [6.07, 6.45) is 3.75. The average molecular weight is 368 g/mol. The third-order valence-corrected chi connectivity index (χ3v) is 4.86. The van der Waals surface area contributed by atoms with Gasteiger partial charge in [-0.15, -0.1) is 12.4 Å². The van der Waals surface area contributed by atoms with E-state index in [2.05, 4.69) is 5.32 Å². The van der Waals surface area contributed by atoms with Crippen LogP contribution < -0.4 is 16.0 Å². The molecular formula is C18H26ClN3O3. The van der Waals surface area contributed by atoms with Gasteiger partial charge in [0.05, 0.1) is 5.54 Å². The Hall–Kier alpha value is -1.63. The number of piperidine rings is 1. The summed E-state index contributed by atoms with van der Waals surface area (Å²) in [7, 11) is 0. The van der Waals surface area contributed by atoms with Crippen molar-refractivity contribution in [2.45, 2.75) is 44.2 Å². The summed E-state index contributed by atoms with van der Waals surface area (Å²) in [4.78, 5) is 26.1. The van der Waals surface area contributed by atoms with Crippen LogP contribution in [0.5, 0.6) is 0 Å². The van der Waals surface area contributed by atoms with Crippen LogP contribution in [0.4, 0.5) is 5.69 Å². The molecular weight excluding hydrogens is 342 g/mol. The molecule has 2 fully saturated rings. The number of anilines is 1. The first kappa shape index (κ1) is 19.7. The second-order valence-corrected chi connectivity index (χ2v) is 6.62. The van der Waals surface area contributed by atoms with Gasteiger partial charge in [0.25, 0.3) is 0 Å². The van der Waals surface area contributed by atoms with Crippen molar-refractivity contribution in [3.8, 4) is 0 Å². The lowest BCUT2D eigenvalue weighted by Crippen LogP contribution is -2.56. The Morgan fingerprint density at radius 1 is 1.20 bits per heavy atom. The number of hydrogen-bond acceptors (Lipinski definition) is 4. The van der Waals surface area contributed by atoms with E-state index in [1.165, 1.54) is 0 Å². The molecule has 0 atom stereocenters.